The number of hydrogen-bond acceptors (Lipinski definition) is 3. The number of hydroxylamine groups is 2. The third-order valence-electron chi connectivity index (χ3n) is 4.10. The molecule has 0 saturated carbocycles. The maximum absolute atomic E-state index is 12.7. The van der Waals surface area contributed by atoms with Gasteiger partial charge in [0.15, 0.2) is 0 Å². The summed E-state index contributed by atoms with van der Waals surface area (Å²) < 4.78 is 15.8. The van der Waals surface area contributed by atoms with Crippen molar-refractivity contribution in [2.75, 3.05) is 14.2 Å². The Hall–Kier alpha value is -2.02. The maximum atomic E-state index is 12.7. The average Bonchev–Trinajstić information content (AvgIpc) is 2.65. The summed E-state index contributed by atoms with van der Waals surface area (Å²) in [4.78, 5) is 18.2. The first-order valence-electron chi connectivity index (χ1n) is 8.05. The largest absolute Gasteiger partial charge is 0.275 e. The zero-order chi connectivity index (χ0) is 18.4. The van der Waals surface area contributed by atoms with E-state index in [9.17, 15) is 9.00 Å². The second kappa shape index (κ2) is 8.89. The van der Waals surface area contributed by atoms with Crippen LogP contribution in [-0.2, 0) is 20.6 Å². The van der Waals surface area contributed by atoms with Crippen molar-refractivity contribution >= 4 is 16.9 Å². The van der Waals surface area contributed by atoms with Gasteiger partial charge in [-0.15, -0.1) is 0 Å². The van der Waals surface area contributed by atoms with Gasteiger partial charge in [-0.1, -0.05) is 55.0 Å². The quantitative estimate of drug-likeness (QED) is 0.772. The van der Waals surface area contributed by atoms with Gasteiger partial charge in [0, 0.05) is 7.05 Å². The third kappa shape index (κ3) is 4.98. The van der Waals surface area contributed by atoms with Crippen molar-refractivity contribution in [2.45, 2.75) is 24.8 Å². The Morgan fingerprint density at radius 2 is 1.72 bits per heavy atom. The van der Waals surface area contributed by atoms with Crippen molar-refractivity contribution in [3.63, 3.8) is 0 Å². The summed E-state index contributed by atoms with van der Waals surface area (Å²) in [6.45, 7) is 3.78. The van der Waals surface area contributed by atoms with E-state index >= 15 is 0 Å². The highest BCUT2D eigenvalue weighted by molar-refractivity contribution is 7.83. The number of hydrogen-bond donors (Lipinski definition) is 1. The first-order valence-corrected chi connectivity index (χ1v) is 9.20. The number of benzene rings is 2. The van der Waals surface area contributed by atoms with E-state index in [1.54, 1.807) is 14.0 Å². The highest BCUT2D eigenvalue weighted by atomic mass is 32.2. The average molecular weight is 360 g/mol. The Morgan fingerprint density at radius 1 is 1.12 bits per heavy atom. The summed E-state index contributed by atoms with van der Waals surface area (Å²) in [5, 5.41) is 1.19. The van der Waals surface area contributed by atoms with Gasteiger partial charge in [0.05, 0.1) is 24.0 Å². The highest BCUT2D eigenvalue weighted by Gasteiger charge is 2.29. The minimum atomic E-state index is -1.44. The third-order valence-corrected chi connectivity index (χ3v) is 5.27. The van der Waals surface area contributed by atoms with Crippen molar-refractivity contribution in [1.82, 2.24) is 9.79 Å². The number of rotatable bonds is 7. The van der Waals surface area contributed by atoms with Crippen LogP contribution in [0.4, 0.5) is 0 Å². The summed E-state index contributed by atoms with van der Waals surface area (Å²) in [5.74, 6) is -0.647. The molecule has 0 aliphatic rings. The molecule has 0 heterocycles. The number of nitrogens with one attached hydrogen (secondary N) is 1. The molecule has 0 bridgehead atoms. The molecular weight excluding hydrogens is 336 g/mol. The van der Waals surface area contributed by atoms with E-state index in [0.29, 0.717) is 4.90 Å². The minimum absolute atomic E-state index is 0.190. The molecule has 0 aliphatic carbocycles. The van der Waals surface area contributed by atoms with Crippen LogP contribution in [0.1, 0.15) is 24.1 Å². The Kier molecular flexibility index (Phi) is 6.87. The van der Waals surface area contributed by atoms with Crippen LogP contribution in [-0.4, -0.2) is 29.3 Å². The summed E-state index contributed by atoms with van der Waals surface area (Å²) >= 11 is 0. The topological polar surface area (TPSA) is 58.6 Å². The van der Waals surface area contributed by atoms with Crippen LogP contribution in [0.2, 0.25) is 0 Å². The Balaban J connectivity index is 2.27. The van der Waals surface area contributed by atoms with Gasteiger partial charge in [-0.25, -0.2) is 14.0 Å². The van der Waals surface area contributed by atoms with Crippen LogP contribution in [0.25, 0.3) is 0 Å². The molecule has 6 heteroatoms. The molecule has 0 fully saturated rings. The van der Waals surface area contributed by atoms with E-state index in [-0.39, 0.29) is 5.91 Å². The van der Waals surface area contributed by atoms with Crippen molar-refractivity contribution in [3.05, 3.63) is 65.7 Å². The van der Waals surface area contributed by atoms with Crippen LogP contribution in [0.3, 0.4) is 0 Å². The zero-order valence-electron chi connectivity index (χ0n) is 14.9. The lowest BCUT2D eigenvalue weighted by Gasteiger charge is -2.27. The number of carbonyl (C=O) groups excluding carboxylic acids is 1. The molecule has 1 N–H and O–H groups in total. The Bertz CT molecular complexity index is 719. The summed E-state index contributed by atoms with van der Waals surface area (Å²) in [7, 11) is 1.58. The van der Waals surface area contributed by atoms with Crippen LogP contribution < -0.4 is 4.72 Å². The van der Waals surface area contributed by atoms with Gasteiger partial charge >= 0.3 is 0 Å². The Labute approximate surface area is 151 Å². The summed E-state index contributed by atoms with van der Waals surface area (Å²) in [5.41, 5.74) is 2.00. The van der Waals surface area contributed by atoms with Crippen LogP contribution in [0, 0.1) is 12.8 Å². The monoisotopic (exact) mass is 360 g/mol. The first-order chi connectivity index (χ1) is 11.9. The molecule has 0 aromatic heterocycles. The second-order valence-electron chi connectivity index (χ2n) is 5.89. The minimum Gasteiger partial charge on any atom is -0.275 e. The fourth-order valence-corrected chi connectivity index (χ4v) is 3.57. The predicted molar refractivity (Wildman–Crippen MR) is 98.8 cm³/mol. The molecule has 1 amide bonds. The summed E-state index contributed by atoms with van der Waals surface area (Å²) in [6, 6.07) is 16.6. The van der Waals surface area contributed by atoms with Crippen LogP contribution in [0.15, 0.2) is 59.5 Å². The fraction of sp³-hybridized carbons (Fsp3) is 0.316. The molecule has 0 saturated heterocycles. The van der Waals surface area contributed by atoms with E-state index in [4.69, 9.17) is 4.84 Å². The molecule has 1 unspecified atom stereocenters. The lowest BCUT2D eigenvalue weighted by Crippen LogP contribution is -2.39. The normalized spacial score (nSPS) is 14.6. The number of nitrogens with zero attached hydrogens (tertiary/aromatic N) is 1. The second-order valence-corrected chi connectivity index (χ2v) is 7.14. The van der Waals surface area contributed by atoms with E-state index in [0.717, 1.165) is 11.1 Å². The van der Waals surface area contributed by atoms with E-state index < -0.39 is 22.9 Å². The number of carbonyl (C=O) groups is 1. The molecule has 2 aromatic carbocycles. The molecule has 2 aromatic rings. The fourth-order valence-electron chi connectivity index (χ4n) is 2.48. The predicted octanol–water partition coefficient (Wildman–Crippen LogP) is 3.00. The van der Waals surface area contributed by atoms with Gasteiger partial charge < -0.3 is 0 Å². The molecular formula is C19H24N2O3S. The van der Waals surface area contributed by atoms with Crippen molar-refractivity contribution < 1.29 is 13.8 Å². The van der Waals surface area contributed by atoms with Gasteiger partial charge in [-0.2, -0.15) is 0 Å². The molecule has 5 nitrogen and oxygen atoms in total. The Morgan fingerprint density at radius 3 is 2.28 bits per heavy atom. The maximum Gasteiger partial charge on any atom is 0.250 e. The van der Waals surface area contributed by atoms with Crippen LogP contribution >= 0.6 is 0 Å². The molecule has 0 aliphatic heterocycles. The number of amides is 1. The zero-order valence-corrected chi connectivity index (χ0v) is 15.7. The van der Waals surface area contributed by atoms with Gasteiger partial charge in [-0.05, 0) is 24.6 Å². The standard InChI is InChI=1S/C19H24N2O3S/c1-14-10-12-17(13-11-14)25(23)20-18(16-8-6-5-7-9-16)15(2)19(22)21(3)24-4/h5-13,15,18,20H,1-4H3/t15-,18+,25?/m0/s1. The lowest BCUT2D eigenvalue weighted by atomic mass is 9.94. The molecule has 25 heavy (non-hydrogen) atoms. The number of aryl methyl sites for hydroxylation is 1. The SMILES string of the molecule is CON(C)C(=O)[C@@H](C)[C@@H](NS(=O)c1ccc(C)cc1)c1ccccc1. The van der Waals surface area contributed by atoms with Gasteiger partial charge in [0.1, 0.15) is 11.0 Å². The van der Waals surface area contributed by atoms with Crippen molar-refractivity contribution in [2.24, 2.45) is 5.92 Å². The van der Waals surface area contributed by atoms with Gasteiger partial charge in [0.25, 0.3) is 5.91 Å². The molecule has 134 valence electrons. The highest BCUT2D eigenvalue weighted by Crippen LogP contribution is 2.25. The molecule has 0 radical (unpaired) electrons. The summed E-state index contributed by atoms with van der Waals surface area (Å²) in [6.07, 6.45) is 0. The van der Waals surface area contributed by atoms with E-state index in [1.165, 1.54) is 12.2 Å². The molecule has 0 spiro atoms. The van der Waals surface area contributed by atoms with Gasteiger partial charge in [-0.3, -0.25) is 9.63 Å². The van der Waals surface area contributed by atoms with Gasteiger partial charge in [0.2, 0.25) is 0 Å². The lowest BCUT2D eigenvalue weighted by molar-refractivity contribution is -0.173. The first kappa shape index (κ1) is 19.3. The van der Waals surface area contributed by atoms with E-state index in [1.807, 2.05) is 61.5 Å². The molecule has 2 rings (SSSR count). The van der Waals surface area contributed by atoms with Crippen molar-refractivity contribution in [1.29, 1.82) is 0 Å². The van der Waals surface area contributed by atoms with E-state index in [2.05, 4.69) is 4.72 Å². The van der Waals surface area contributed by atoms with Crippen LogP contribution in [0.5, 0.6) is 0 Å². The van der Waals surface area contributed by atoms with Crippen molar-refractivity contribution in [3.8, 4) is 0 Å². The smallest absolute Gasteiger partial charge is 0.250 e. The molecule has 3 atom stereocenters.